The second-order valence-electron chi connectivity index (χ2n) is 5.22. The average Bonchev–Trinajstić information content (AvgIpc) is 2.48. The van der Waals surface area contributed by atoms with Gasteiger partial charge in [0.1, 0.15) is 0 Å². The summed E-state index contributed by atoms with van der Waals surface area (Å²) < 4.78 is 1.18. The lowest BCUT2D eigenvalue weighted by Crippen LogP contribution is -2.20. The molecule has 1 atom stereocenters. The molecule has 106 valence electrons. The zero-order valence-corrected chi connectivity index (χ0v) is 13.8. The maximum Gasteiger partial charge on any atom is 0.0323 e. The standard InChI is InChI=1S/C18H22BrN/c1-3-7-18(16-8-5-4-6-9-16)20-13-15-10-11-17(19)14(2)12-15/h4-6,8-12,18,20H,3,7,13H2,1-2H3. The summed E-state index contributed by atoms with van der Waals surface area (Å²) in [6.07, 6.45) is 2.35. The number of hydrogen-bond acceptors (Lipinski definition) is 1. The first-order chi connectivity index (χ1) is 9.70. The van der Waals surface area contributed by atoms with Crippen LogP contribution in [-0.2, 0) is 6.54 Å². The molecule has 0 heterocycles. The first-order valence-corrected chi connectivity index (χ1v) is 8.03. The van der Waals surface area contributed by atoms with Gasteiger partial charge in [0, 0.05) is 17.1 Å². The van der Waals surface area contributed by atoms with Crippen LogP contribution in [0.15, 0.2) is 53.0 Å². The Morgan fingerprint density at radius 3 is 2.50 bits per heavy atom. The van der Waals surface area contributed by atoms with Crippen LogP contribution in [-0.4, -0.2) is 0 Å². The average molecular weight is 332 g/mol. The van der Waals surface area contributed by atoms with E-state index < -0.39 is 0 Å². The minimum Gasteiger partial charge on any atom is -0.306 e. The molecule has 20 heavy (non-hydrogen) atoms. The van der Waals surface area contributed by atoms with E-state index in [4.69, 9.17) is 0 Å². The first kappa shape index (κ1) is 15.3. The van der Waals surface area contributed by atoms with Crippen LogP contribution in [0, 0.1) is 6.92 Å². The highest BCUT2D eigenvalue weighted by molar-refractivity contribution is 9.10. The summed E-state index contributed by atoms with van der Waals surface area (Å²) in [6.45, 7) is 5.28. The van der Waals surface area contributed by atoms with E-state index in [9.17, 15) is 0 Å². The normalized spacial score (nSPS) is 12.3. The fourth-order valence-corrected chi connectivity index (χ4v) is 2.67. The Kier molecular flexibility index (Phi) is 5.81. The van der Waals surface area contributed by atoms with Gasteiger partial charge in [-0.25, -0.2) is 0 Å². The molecule has 0 amide bonds. The van der Waals surface area contributed by atoms with Crippen molar-refractivity contribution in [2.24, 2.45) is 0 Å². The Morgan fingerprint density at radius 1 is 1.10 bits per heavy atom. The molecule has 0 aliphatic rings. The number of rotatable bonds is 6. The summed E-state index contributed by atoms with van der Waals surface area (Å²) in [6, 6.07) is 17.7. The van der Waals surface area contributed by atoms with Gasteiger partial charge < -0.3 is 5.32 Å². The SMILES string of the molecule is CCCC(NCc1ccc(Br)c(C)c1)c1ccccc1. The van der Waals surface area contributed by atoms with Gasteiger partial charge in [-0.2, -0.15) is 0 Å². The van der Waals surface area contributed by atoms with Gasteiger partial charge in [-0.3, -0.25) is 0 Å². The van der Waals surface area contributed by atoms with Crippen molar-refractivity contribution in [3.8, 4) is 0 Å². The maximum absolute atomic E-state index is 3.68. The Labute approximate surface area is 130 Å². The van der Waals surface area contributed by atoms with Crippen molar-refractivity contribution in [1.29, 1.82) is 0 Å². The summed E-state index contributed by atoms with van der Waals surface area (Å²) in [5.74, 6) is 0. The van der Waals surface area contributed by atoms with Gasteiger partial charge in [-0.15, -0.1) is 0 Å². The third-order valence-electron chi connectivity index (χ3n) is 3.55. The molecule has 0 fully saturated rings. The largest absolute Gasteiger partial charge is 0.306 e. The summed E-state index contributed by atoms with van der Waals surface area (Å²) in [4.78, 5) is 0. The van der Waals surface area contributed by atoms with Gasteiger partial charge in [-0.1, -0.05) is 71.7 Å². The monoisotopic (exact) mass is 331 g/mol. The molecule has 0 spiro atoms. The van der Waals surface area contributed by atoms with Crippen molar-refractivity contribution in [2.45, 2.75) is 39.3 Å². The minimum absolute atomic E-state index is 0.435. The molecule has 2 aromatic carbocycles. The summed E-state index contributed by atoms with van der Waals surface area (Å²) >= 11 is 3.55. The van der Waals surface area contributed by atoms with Gasteiger partial charge in [0.05, 0.1) is 0 Å². The lowest BCUT2D eigenvalue weighted by molar-refractivity contribution is 0.493. The molecule has 1 nitrogen and oxygen atoms in total. The van der Waals surface area contributed by atoms with Gasteiger partial charge in [0.25, 0.3) is 0 Å². The third kappa shape index (κ3) is 4.19. The molecule has 2 rings (SSSR count). The minimum atomic E-state index is 0.435. The van der Waals surface area contributed by atoms with Gasteiger partial charge in [-0.05, 0) is 36.1 Å². The molecular weight excluding hydrogens is 310 g/mol. The van der Waals surface area contributed by atoms with Crippen LogP contribution in [0.5, 0.6) is 0 Å². The summed E-state index contributed by atoms with van der Waals surface area (Å²) in [5, 5.41) is 3.68. The first-order valence-electron chi connectivity index (χ1n) is 7.24. The quantitative estimate of drug-likeness (QED) is 0.748. The van der Waals surface area contributed by atoms with Crippen LogP contribution in [0.2, 0.25) is 0 Å². The fraction of sp³-hybridized carbons (Fsp3) is 0.333. The topological polar surface area (TPSA) is 12.0 Å². The highest BCUT2D eigenvalue weighted by atomic mass is 79.9. The number of aryl methyl sites for hydroxylation is 1. The van der Waals surface area contributed by atoms with Crippen LogP contribution in [0.3, 0.4) is 0 Å². The zero-order valence-electron chi connectivity index (χ0n) is 12.2. The van der Waals surface area contributed by atoms with Crippen molar-refractivity contribution in [3.63, 3.8) is 0 Å². The molecule has 0 aromatic heterocycles. The van der Waals surface area contributed by atoms with E-state index in [1.807, 2.05) is 0 Å². The molecule has 2 heteroatoms. The lowest BCUT2D eigenvalue weighted by atomic mass is 10.0. The van der Waals surface area contributed by atoms with Crippen LogP contribution in [0.1, 0.15) is 42.5 Å². The van der Waals surface area contributed by atoms with Crippen LogP contribution >= 0.6 is 15.9 Å². The van der Waals surface area contributed by atoms with Crippen LogP contribution in [0.25, 0.3) is 0 Å². The van der Waals surface area contributed by atoms with E-state index in [2.05, 4.69) is 83.6 Å². The van der Waals surface area contributed by atoms with Gasteiger partial charge in [0.2, 0.25) is 0 Å². The molecule has 0 aliphatic heterocycles. The van der Waals surface area contributed by atoms with Crippen molar-refractivity contribution in [1.82, 2.24) is 5.32 Å². The summed E-state index contributed by atoms with van der Waals surface area (Å²) in [7, 11) is 0. The summed E-state index contributed by atoms with van der Waals surface area (Å²) in [5.41, 5.74) is 4.00. The molecule has 0 saturated carbocycles. The van der Waals surface area contributed by atoms with Crippen LogP contribution in [0.4, 0.5) is 0 Å². The van der Waals surface area contributed by atoms with Gasteiger partial charge in [0.15, 0.2) is 0 Å². The predicted octanol–water partition coefficient (Wildman–Crippen LogP) is 5.39. The molecule has 1 N–H and O–H groups in total. The lowest BCUT2D eigenvalue weighted by Gasteiger charge is -2.19. The van der Waals surface area contributed by atoms with E-state index >= 15 is 0 Å². The Bertz CT molecular complexity index is 536. The molecule has 0 radical (unpaired) electrons. The second kappa shape index (κ2) is 7.61. The molecular formula is C18H22BrN. The van der Waals surface area contributed by atoms with Gasteiger partial charge >= 0.3 is 0 Å². The third-order valence-corrected chi connectivity index (χ3v) is 4.44. The van der Waals surface area contributed by atoms with Crippen LogP contribution < -0.4 is 5.32 Å². The fourth-order valence-electron chi connectivity index (χ4n) is 2.42. The maximum atomic E-state index is 3.68. The Hall–Kier alpha value is -1.12. The number of halogens is 1. The van der Waals surface area contributed by atoms with E-state index in [0.29, 0.717) is 6.04 Å². The Morgan fingerprint density at radius 2 is 1.85 bits per heavy atom. The van der Waals surface area contributed by atoms with E-state index in [0.717, 1.165) is 6.54 Å². The van der Waals surface area contributed by atoms with E-state index in [1.54, 1.807) is 0 Å². The molecule has 0 bridgehead atoms. The second-order valence-corrected chi connectivity index (χ2v) is 6.07. The van der Waals surface area contributed by atoms with Crippen molar-refractivity contribution >= 4 is 15.9 Å². The van der Waals surface area contributed by atoms with E-state index in [-0.39, 0.29) is 0 Å². The smallest absolute Gasteiger partial charge is 0.0323 e. The highest BCUT2D eigenvalue weighted by Gasteiger charge is 2.09. The predicted molar refractivity (Wildman–Crippen MR) is 89.8 cm³/mol. The Balaban J connectivity index is 2.03. The molecule has 1 unspecified atom stereocenters. The molecule has 0 aliphatic carbocycles. The number of benzene rings is 2. The van der Waals surface area contributed by atoms with E-state index in [1.165, 1.54) is 34.0 Å². The number of nitrogens with one attached hydrogen (secondary N) is 1. The highest BCUT2D eigenvalue weighted by Crippen LogP contribution is 2.20. The molecule has 2 aromatic rings. The van der Waals surface area contributed by atoms with Crippen molar-refractivity contribution < 1.29 is 0 Å². The zero-order chi connectivity index (χ0) is 14.4. The van der Waals surface area contributed by atoms with Crippen molar-refractivity contribution in [2.75, 3.05) is 0 Å². The molecule has 0 saturated heterocycles. The number of hydrogen-bond donors (Lipinski definition) is 1. The van der Waals surface area contributed by atoms with Crippen molar-refractivity contribution in [3.05, 3.63) is 69.7 Å².